The Labute approximate surface area is 81.6 Å². The number of carbonyl (C=O) groups is 1. The highest BCUT2D eigenvalue weighted by molar-refractivity contribution is 5.63. The number of hydrogen-bond donors (Lipinski definition) is 0. The summed E-state index contributed by atoms with van der Waals surface area (Å²) in [5.74, 6) is 0.344. The standard InChI is InChI=1S/C9H11NO4/c1-12-6-7-3-4-8(5-10-7)14-9(11)13-2/h3-5H,6H2,1-2H3. The predicted molar refractivity (Wildman–Crippen MR) is 48.0 cm³/mol. The second-order valence-electron chi connectivity index (χ2n) is 2.47. The molecule has 0 aliphatic heterocycles. The van der Waals surface area contributed by atoms with Crippen LogP contribution < -0.4 is 4.74 Å². The van der Waals surface area contributed by atoms with Crippen molar-refractivity contribution in [1.82, 2.24) is 4.98 Å². The van der Waals surface area contributed by atoms with Crippen LogP contribution >= 0.6 is 0 Å². The lowest BCUT2D eigenvalue weighted by Gasteiger charge is -2.02. The maximum absolute atomic E-state index is 10.7. The van der Waals surface area contributed by atoms with Gasteiger partial charge in [-0.3, -0.25) is 4.98 Å². The van der Waals surface area contributed by atoms with Crippen LogP contribution in [0.2, 0.25) is 0 Å². The highest BCUT2D eigenvalue weighted by Crippen LogP contribution is 2.10. The normalized spacial score (nSPS) is 9.57. The van der Waals surface area contributed by atoms with Crippen LogP contribution in [0, 0.1) is 0 Å². The van der Waals surface area contributed by atoms with E-state index in [4.69, 9.17) is 9.47 Å². The average molecular weight is 197 g/mol. The first kappa shape index (κ1) is 10.5. The van der Waals surface area contributed by atoms with E-state index in [2.05, 4.69) is 9.72 Å². The largest absolute Gasteiger partial charge is 0.513 e. The van der Waals surface area contributed by atoms with Crippen LogP contribution in [0.4, 0.5) is 4.79 Å². The molecule has 0 radical (unpaired) electrons. The number of carbonyl (C=O) groups excluding carboxylic acids is 1. The van der Waals surface area contributed by atoms with Crippen LogP contribution in [0.3, 0.4) is 0 Å². The molecule has 0 spiro atoms. The first-order valence-corrected chi connectivity index (χ1v) is 3.96. The highest BCUT2D eigenvalue weighted by Gasteiger charge is 2.03. The lowest BCUT2D eigenvalue weighted by Crippen LogP contribution is -2.07. The first-order chi connectivity index (χ1) is 6.76. The summed E-state index contributed by atoms with van der Waals surface area (Å²) < 4.78 is 13.9. The van der Waals surface area contributed by atoms with Gasteiger partial charge in [-0.05, 0) is 12.1 Å². The van der Waals surface area contributed by atoms with Crippen molar-refractivity contribution in [3.05, 3.63) is 24.0 Å². The molecule has 5 nitrogen and oxygen atoms in total. The molecule has 0 saturated carbocycles. The fourth-order valence-electron chi connectivity index (χ4n) is 0.842. The van der Waals surface area contributed by atoms with Crippen molar-refractivity contribution in [1.29, 1.82) is 0 Å². The minimum atomic E-state index is -0.758. The summed E-state index contributed by atoms with van der Waals surface area (Å²) in [6, 6.07) is 3.33. The third-order valence-corrected chi connectivity index (χ3v) is 1.46. The fourth-order valence-corrected chi connectivity index (χ4v) is 0.842. The molecule has 76 valence electrons. The van der Waals surface area contributed by atoms with Crippen molar-refractivity contribution < 1.29 is 19.0 Å². The molecule has 0 atom stereocenters. The molecular weight excluding hydrogens is 186 g/mol. The monoisotopic (exact) mass is 197 g/mol. The SMILES string of the molecule is COCc1ccc(OC(=O)OC)cn1. The topological polar surface area (TPSA) is 57.7 Å². The lowest BCUT2D eigenvalue weighted by atomic mass is 10.3. The van der Waals surface area contributed by atoms with Crippen LogP contribution in [0.5, 0.6) is 5.75 Å². The maximum atomic E-state index is 10.7. The third-order valence-electron chi connectivity index (χ3n) is 1.46. The van der Waals surface area contributed by atoms with Crippen LogP contribution in [-0.2, 0) is 16.1 Å². The van der Waals surface area contributed by atoms with Gasteiger partial charge in [-0.25, -0.2) is 4.79 Å². The summed E-state index contributed by atoms with van der Waals surface area (Å²) >= 11 is 0. The van der Waals surface area contributed by atoms with Crippen molar-refractivity contribution in [3.63, 3.8) is 0 Å². The van der Waals surface area contributed by atoms with Gasteiger partial charge in [-0.1, -0.05) is 0 Å². The van der Waals surface area contributed by atoms with Crippen LogP contribution in [-0.4, -0.2) is 25.4 Å². The van der Waals surface area contributed by atoms with Gasteiger partial charge < -0.3 is 14.2 Å². The number of ether oxygens (including phenoxy) is 3. The molecule has 14 heavy (non-hydrogen) atoms. The van der Waals surface area contributed by atoms with E-state index in [1.807, 2.05) is 0 Å². The second kappa shape index (κ2) is 5.18. The lowest BCUT2D eigenvalue weighted by molar-refractivity contribution is 0.121. The van der Waals surface area contributed by atoms with Crippen molar-refractivity contribution >= 4 is 6.16 Å². The Kier molecular flexibility index (Phi) is 3.87. The molecule has 0 aromatic carbocycles. The van der Waals surface area contributed by atoms with Gasteiger partial charge in [0.25, 0.3) is 0 Å². The molecule has 0 amide bonds. The third kappa shape index (κ3) is 3.02. The van der Waals surface area contributed by atoms with Crippen LogP contribution in [0.15, 0.2) is 18.3 Å². The summed E-state index contributed by atoms with van der Waals surface area (Å²) in [4.78, 5) is 14.7. The van der Waals surface area contributed by atoms with Gasteiger partial charge in [0, 0.05) is 7.11 Å². The quantitative estimate of drug-likeness (QED) is 0.685. The summed E-state index contributed by atoms with van der Waals surface area (Å²) in [5.41, 5.74) is 0.768. The Morgan fingerprint density at radius 3 is 2.71 bits per heavy atom. The molecule has 0 unspecified atom stereocenters. The van der Waals surface area contributed by atoms with E-state index >= 15 is 0 Å². The molecule has 0 aliphatic rings. The van der Waals surface area contributed by atoms with E-state index in [1.165, 1.54) is 13.3 Å². The van der Waals surface area contributed by atoms with Gasteiger partial charge >= 0.3 is 6.16 Å². The molecule has 0 bridgehead atoms. The zero-order chi connectivity index (χ0) is 10.4. The van der Waals surface area contributed by atoms with E-state index in [0.29, 0.717) is 12.4 Å². The molecule has 5 heteroatoms. The Balaban J connectivity index is 2.59. The maximum Gasteiger partial charge on any atom is 0.513 e. The number of methoxy groups -OCH3 is 2. The van der Waals surface area contributed by atoms with E-state index in [9.17, 15) is 4.79 Å². The molecule has 1 rings (SSSR count). The van der Waals surface area contributed by atoms with Crippen LogP contribution in [0.25, 0.3) is 0 Å². The van der Waals surface area contributed by atoms with Crippen molar-refractivity contribution in [2.24, 2.45) is 0 Å². The Morgan fingerprint density at radius 2 is 2.21 bits per heavy atom. The number of pyridine rings is 1. The Hall–Kier alpha value is -1.62. The Bertz CT molecular complexity index is 296. The van der Waals surface area contributed by atoms with E-state index < -0.39 is 6.16 Å². The van der Waals surface area contributed by atoms with Crippen molar-refractivity contribution in [2.45, 2.75) is 6.61 Å². The van der Waals surface area contributed by atoms with Gasteiger partial charge in [0.15, 0.2) is 5.75 Å². The highest BCUT2D eigenvalue weighted by atomic mass is 16.7. The number of rotatable bonds is 3. The summed E-state index contributed by atoms with van der Waals surface area (Å²) in [6.07, 6.45) is 0.678. The molecular formula is C9H11NO4. The molecule has 0 fully saturated rings. The van der Waals surface area contributed by atoms with Crippen molar-refractivity contribution in [3.8, 4) is 5.75 Å². The zero-order valence-corrected chi connectivity index (χ0v) is 8.02. The molecule has 0 saturated heterocycles. The minimum Gasteiger partial charge on any atom is -0.437 e. The summed E-state index contributed by atoms with van der Waals surface area (Å²) in [5, 5.41) is 0. The number of nitrogens with zero attached hydrogens (tertiary/aromatic N) is 1. The fraction of sp³-hybridized carbons (Fsp3) is 0.333. The Morgan fingerprint density at radius 1 is 1.43 bits per heavy atom. The minimum absolute atomic E-state index is 0.344. The van der Waals surface area contributed by atoms with Gasteiger partial charge in [0.05, 0.1) is 25.6 Å². The first-order valence-electron chi connectivity index (χ1n) is 3.96. The average Bonchev–Trinajstić information content (AvgIpc) is 2.21. The summed E-state index contributed by atoms with van der Waals surface area (Å²) in [7, 11) is 2.83. The van der Waals surface area contributed by atoms with Gasteiger partial charge in [0.2, 0.25) is 0 Å². The van der Waals surface area contributed by atoms with Gasteiger partial charge in [0.1, 0.15) is 0 Å². The number of aromatic nitrogens is 1. The number of hydrogen-bond acceptors (Lipinski definition) is 5. The summed E-state index contributed by atoms with van der Waals surface area (Å²) in [6.45, 7) is 0.429. The van der Waals surface area contributed by atoms with Gasteiger partial charge in [-0.2, -0.15) is 0 Å². The smallest absolute Gasteiger partial charge is 0.437 e. The molecule has 0 N–H and O–H groups in total. The molecule has 0 aliphatic carbocycles. The second-order valence-corrected chi connectivity index (χ2v) is 2.47. The van der Waals surface area contributed by atoms with Crippen LogP contribution in [0.1, 0.15) is 5.69 Å². The zero-order valence-electron chi connectivity index (χ0n) is 8.02. The predicted octanol–water partition coefficient (Wildman–Crippen LogP) is 1.37. The van der Waals surface area contributed by atoms with Gasteiger partial charge in [-0.15, -0.1) is 0 Å². The molecule has 1 aromatic heterocycles. The van der Waals surface area contributed by atoms with E-state index in [-0.39, 0.29) is 0 Å². The van der Waals surface area contributed by atoms with E-state index in [1.54, 1.807) is 19.2 Å². The van der Waals surface area contributed by atoms with Crippen molar-refractivity contribution in [2.75, 3.05) is 14.2 Å². The van der Waals surface area contributed by atoms with E-state index in [0.717, 1.165) is 5.69 Å². The molecule has 1 aromatic rings. The molecule has 1 heterocycles.